The summed E-state index contributed by atoms with van der Waals surface area (Å²) < 4.78 is 30.0. The molecule has 1 aliphatic rings. The lowest BCUT2D eigenvalue weighted by molar-refractivity contribution is -0.315. The Kier molecular flexibility index (Phi) is 9.21. The average Bonchev–Trinajstić information content (AvgIpc) is 2.89. The van der Waals surface area contributed by atoms with Crippen LogP contribution < -0.4 is 0 Å². The van der Waals surface area contributed by atoms with Crippen LogP contribution in [0.3, 0.4) is 0 Å². The predicted molar refractivity (Wildman–Crippen MR) is 128 cm³/mol. The molecule has 0 unspecified atom stereocenters. The van der Waals surface area contributed by atoms with E-state index in [9.17, 15) is 5.11 Å². The lowest BCUT2D eigenvalue weighted by atomic mass is 9.98. The van der Waals surface area contributed by atoms with Crippen LogP contribution in [-0.2, 0) is 43.5 Å². The molecule has 0 saturated carbocycles. The van der Waals surface area contributed by atoms with Gasteiger partial charge in [0.2, 0.25) is 0 Å². The number of aliphatic hydroxyl groups excluding tert-OH is 1. The first-order valence-electron chi connectivity index (χ1n) is 11.5. The van der Waals surface area contributed by atoms with E-state index in [2.05, 4.69) is 0 Å². The molecular weight excluding hydrogens is 432 g/mol. The molecule has 4 rings (SSSR count). The van der Waals surface area contributed by atoms with Gasteiger partial charge in [0.25, 0.3) is 0 Å². The van der Waals surface area contributed by atoms with Gasteiger partial charge in [-0.05, 0) is 16.7 Å². The van der Waals surface area contributed by atoms with Gasteiger partial charge in [-0.2, -0.15) is 0 Å². The standard InChI is InChI=1S/C28H32O6/c1-30-28-27(33-19-23-15-9-4-10-16-23)26(32-18-22-13-7-3-8-14-22)25(29)24(34-28)20-31-17-21-11-5-2-6-12-21/h2-16,24-29H,17-20H2,1H3/t24-,25+,26+,27-,28+/m1/s1. The monoisotopic (exact) mass is 464 g/mol. The van der Waals surface area contributed by atoms with E-state index in [0.29, 0.717) is 19.8 Å². The van der Waals surface area contributed by atoms with E-state index in [-0.39, 0.29) is 6.61 Å². The third-order valence-electron chi connectivity index (χ3n) is 5.82. The molecule has 1 saturated heterocycles. The van der Waals surface area contributed by atoms with Crippen LogP contribution in [0.25, 0.3) is 0 Å². The maximum atomic E-state index is 11.2. The van der Waals surface area contributed by atoms with Crippen molar-refractivity contribution in [2.75, 3.05) is 13.7 Å². The van der Waals surface area contributed by atoms with Crippen LogP contribution in [0.5, 0.6) is 0 Å². The summed E-state index contributed by atoms with van der Waals surface area (Å²) in [4.78, 5) is 0. The molecule has 0 amide bonds. The quantitative estimate of drug-likeness (QED) is 0.461. The van der Waals surface area contributed by atoms with Crippen molar-refractivity contribution in [2.24, 2.45) is 0 Å². The Labute approximate surface area is 201 Å². The van der Waals surface area contributed by atoms with Gasteiger partial charge in [-0.25, -0.2) is 0 Å². The second-order valence-corrected chi connectivity index (χ2v) is 8.29. The second kappa shape index (κ2) is 12.8. The number of ether oxygens (including phenoxy) is 5. The molecule has 0 spiro atoms. The third-order valence-corrected chi connectivity index (χ3v) is 5.82. The number of methoxy groups -OCH3 is 1. The molecule has 0 radical (unpaired) electrons. The van der Waals surface area contributed by atoms with Crippen molar-refractivity contribution in [3.05, 3.63) is 108 Å². The summed E-state index contributed by atoms with van der Waals surface area (Å²) >= 11 is 0. The topological polar surface area (TPSA) is 66.4 Å². The predicted octanol–water partition coefficient (Wildman–Crippen LogP) is 4.11. The fourth-order valence-corrected chi connectivity index (χ4v) is 3.99. The highest BCUT2D eigenvalue weighted by Gasteiger charge is 2.47. The van der Waals surface area contributed by atoms with Gasteiger partial charge in [-0.15, -0.1) is 0 Å². The Balaban J connectivity index is 1.44. The van der Waals surface area contributed by atoms with Crippen LogP contribution in [0.1, 0.15) is 16.7 Å². The van der Waals surface area contributed by atoms with Gasteiger partial charge < -0.3 is 28.8 Å². The Morgan fingerprint density at radius 2 is 1.15 bits per heavy atom. The van der Waals surface area contributed by atoms with Crippen LogP contribution in [0.2, 0.25) is 0 Å². The molecule has 6 nitrogen and oxygen atoms in total. The van der Waals surface area contributed by atoms with E-state index in [4.69, 9.17) is 23.7 Å². The van der Waals surface area contributed by atoms with Crippen molar-refractivity contribution in [2.45, 2.75) is 50.5 Å². The third kappa shape index (κ3) is 6.73. The van der Waals surface area contributed by atoms with E-state index in [1.807, 2.05) is 91.0 Å². The Morgan fingerprint density at radius 3 is 1.65 bits per heavy atom. The molecule has 0 aromatic heterocycles. The molecule has 34 heavy (non-hydrogen) atoms. The number of hydrogen-bond acceptors (Lipinski definition) is 6. The zero-order valence-corrected chi connectivity index (χ0v) is 19.4. The van der Waals surface area contributed by atoms with E-state index in [1.165, 1.54) is 0 Å². The summed E-state index contributed by atoms with van der Waals surface area (Å²) in [5.74, 6) is 0. The maximum absolute atomic E-state index is 11.2. The minimum Gasteiger partial charge on any atom is -0.387 e. The van der Waals surface area contributed by atoms with Gasteiger partial charge in [0.15, 0.2) is 6.29 Å². The summed E-state index contributed by atoms with van der Waals surface area (Å²) in [5.41, 5.74) is 3.08. The van der Waals surface area contributed by atoms with Crippen molar-refractivity contribution in [3.63, 3.8) is 0 Å². The van der Waals surface area contributed by atoms with Crippen molar-refractivity contribution < 1.29 is 28.8 Å². The first kappa shape index (κ1) is 24.5. The Morgan fingerprint density at radius 1 is 0.676 bits per heavy atom. The molecule has 1 N–H and O–H groups in total. The summed E-state index contributed by atoms with van der Waals surface area (Å²) in [6, 6.07) is 29.6. The van der Waals surface area contributed by atoms with E-state index in [0.717, 1.165) is 16.7 Å². The van der Waals surface area contributed by atoms with Crippen molar-refractivity contribution in [1.82, 2.24) is 0 Å². The number of aliphatic hydroxyl groups is 1. The van der Waals surface area contributed by atoms with Gasteiger partial charge in [-0.3, -0.25) is 0 Å². The van der Waals surface area contributed by atoms with E-state index in [1.54, 1.807) is 7.11 Å². The molecule has 3 aromatic carbocycles. The highest BCUT2D eigenvalue weighted by Crippen LogP contribution is 2.28. The molecule has 1 fully saturated rings. The maximum Gasteiger partial charge on any atom is 0.186 e. The zero-order valence-electron chi connectivity index (χ0n) is 19.4. The van der Waals surface area contributed by atoms with E-state index >= 15 is 0 Å². The lowest BCUT2D eigenvalue weighted by Gasteiger charge is -2.43. The fraction of sp³-hybridized carbons (Fsp3) is 0.357. The first-order chi connectivity index (χ1) is 16.7. The Bertz CT molecular complexity index is 952. The fourth-order valence-electron chi connectivity index (χ4n) is 3.99. The van der Waals surface area contributed by atoms with Crippen LogP contribution in [0.15, 0.2) is 91.0 Å². The van der Waals surface area contributed by atoms with Crippen molar-refractivity contribution in [3.8, 4) is 0 Å². The van der Waals surface area contributed by atoms with Crippen LogP contribution >= 0.6 is 0 Å². The molecule has 1 heterocycles. The summed E-state index contributed by atoms with van der Waals surface area (Å²) in [6.07, 6.45) is -3.56. The highest BCUT2D eigenvalue weighted by atomic mass is 16.7. The normalized spacial score (nSPS) is 24.7. The van der Waals surface area contributed by atoms with Crippen LogP contribution in [-0.4, -0.2) is 49.5 Å². The lowest BCUT2D eigenvalue weighted by Crippen LogP contribution is -2.60. The molecule has 3 aromatic rings. The highest BCUT2D eigenvalue weighted by molar-refractivity contribution is 5.15. The molecule has 180 valence electrons. The average molecular weight is 465 g/mol. The number of hydrogen-bond donors (Lipinski definition) is 1. The smallest absolute Gasteiger partial charge is 0.186 e. The minimum atomic E-state index is -0.952. The van der Waals surface area contributed by atoms with Crippen LogP contribution in [0.4, 0.5) is 0 Å². The number of rotatable bonds is 11. The van der Waals surface area contributed by atoms with Gasteiger partial charge in [0.1, 0.15) is 24.4 Å². The zero-order chi connectivity index (χ0) is 23.6. The molecular formula is C28H32O6. The summed E-state index contributed by atoms with van der Waals surface area (Å²) in [5, 5.41) is 11.2. The van der Waals surface area contributed by atoms with Crippen LogP contribution in [0, 0.1) is 0 Å². The summed E-state index contributed by atoms with van der Waals surface area (Å²) in [6.45, 7) is 1.31. The first-order valence-corrected chi connectivity index (χ1v) is 11.5. The van der Waals surface area contributed by atoms with Crippen molar-refractivity contribution in [1.29, 1.82) is 0 Å². The van der Waals surface area contributed by atoms with E-state index < -0.39 is 30.7 Å². The van der Waals surface area contributed by atoms with Gasteiger partial charge in [-0.1, -0.05) is 91.0 Å². The van der Waals surface area contributed by atoms with Gasteiger partial charge >= 0.3 is 0 Å². The molecule has 0 aliphatic carbocycles. The van der Waals surface area contributed by atoms with Gasteiger partial charge in [0, 0.05) is 7.11 Å². The Hall–Kier alpha value is -2.58. The summed E-state index contributed by atoms with van der Waals surface area (Å²) in [7, 11) is 1.57. The SMILES string of the molecule is CO[C@H]1O[C@H](COCc2ccccc2)[C@H](O)[C@H](OCc2ccccc2)[C@H]1OCc1ccccc1. The second-order valence-electron chi connectivity index (χ2n) is 8.29. The molecule has 1 aliphatic heterocycles. The van der Waals surface area contributed by atoms with Gasteiger partial charge in [0.05, 0.1) is 26.4 Å². The minimum absolute atomic E-state index is 0.201. The molecule has 6 heteroatoms. The van der Waals surface area contributed by atoms with Crippen molar-refractivity contribution >= 4 is 0 Å². The molecule has 5 atom stereocenters. The number of benzene rings is 3. The largest absolute Gasteiger partial charge is 0.387 e. The molecule has 0 bridgehead atoms.